The quantitative estimate of drug-likeness (QED) is 0.443. The molecule has 0 bridgehead atoms. The second-order valence-corrected chi connectivity index (χ2v) is 7.94. The smallest absolute Gasteiger partial charge is 0.354 e. The van der Waals surface area contributed by atoms with Gasteiger partial charge in [0.1, 0.15) is 23.7 Å². The van der Waals surface area contributed by atoms with Crippen molar-refractivity contribution in [3.05, 3.63) is 48.1 Å². The van der Waals surface area contributed by atoms with Crippen LogP contribution in [0.2, 0.25) is 0 Å². The van der Waals surface area contributed by atoms with E-state index >= 15 is 0 Å². The molecule has 1 saturated heterocycles. The number of fused-ring (bicyclic) bond motifs is 2. The van der Waals surface area contributed by atoms with Crippen LogP contribution in [0.4, 0.5) is 22.0 Å². The Hall–Kier alpha value is -4.10. The van der Waals surface area contributed by atoms with E-state index in [2.05, 4.69) is 20.4 Å². The molecule has 14 heteroatoms. The minimum Gasteiger partial charge on any atom is -0.354 e. The van der Waals surface area contributed by atoms with Crippen LogP contribution in [0.25, 0.3) is 27.9 Å². The largest absolute Gasteiger partial charge is 0.408 e. The molecular weight excluding hydrogens is 477 g/mol. The van der Waals surface area contributed by atoms with Crippen molar-refractivity contribution in [2.45, 2.75) is 19.1 Å². The molecule has 4 aromatic rings. The van der Waals surface area contributed by atoms with E-state index in [1.165, 1.54) is 17.2 Å². The predicted molar refractivity (Wildman–Crippen MR) is 111 cm³/mol. The molecular formula is C21H16F5N7O2. The fraction of sp³-hybridized carbons (Fsp3) is 0.286. The van der Waals surface area contributed by atoms with Gasteiger partial charge in [-0.05, 0) is 6.07 Å². The first-order valence-electron chi connectivity index (χ1n) is 10.4. The summed E-state index contributed by atoms with van der Waals surface area (Å²) >= 11 is 0. The van der Waals surface area contributed by atoms with Gasteiger partial charge in [0.2, 0.25) is 5.91 Å². The van der Waals surface area contributed by atoms with Crippen LogP contribution < -0.4 is 5.32 Å². The monoisotopic (exact) mass is 493 g/mol. The summed E-state index contributed by atoms with van der Waals surface area (Å²) in [6, 6.07) is 1.82. The van der Waals surface area contributed by atoms with E-state index in [0.29, 0.717) is 10.7 Å². The molecule has 0 aliphatic carbocycles. The van der Waals surface area contributed by atoms with E-state index < -0.39 is 30.3 Å². The molecule has 1 aliphatic heterocycles. The van der Waals surface area contributed by atoms with Gasteiger partial charge in [0.05, 0.1) is 17.4 Å². The number of aromatic nitrogens is 5. The van der Waals surface area contributed by atoms with E-state index in [4.69, 9.17) is 0 Å². The Morgan fingerprint density at radius 3 is 2.69 bits per heavy atom. The normalized spacial score (nSPS) is 15.0. The van der Waals surface area contributed by atoms with Crippen LogP contribution in [0.3, 0.4) is 0 Å². The zero-order valence-electron chi connectivity index (χ0n) is 17.8. The van der Waals surface area contributed by atoms with Gasteiger partial charge in [0.15, 0.2) is 11.5 Å². The molecule has 1 aliphatic rings. The molecule has 4 aromatic heterocycles. The molecule has 0 radical (unpaired) electrons. The zero-order chi connectivity index (χ0) is 24.9. The molecule has 2 amide bonds. The van der Waals surface area contributed by atoms with Gasteiger partial charge in [-0.1, -0.05) is 0 Å². The summed E-state index contributed by atoms with van der Waals surface area (Å²) in [6.07, 6.45) is -1.26. The summed E-state index contributed by atoms with van der Waals surface area (Å²) < 4.78 is 69.6. The topological polar surface area (TPSA) is 97.4 Å². The fourth-order valence-corrected chi connectivity index (χ4v) is 3.99. The Balaban J connectivity index is 1.63. The predicted octanol–water partition coefficient (Wildman–Crippen LogP) is 2.55. The van der Waals surface area contributed by atoms with Crippen molar-refractivity contribution < 1.29 is 31.5 Å². The average molecular weight is 493 g/mol. The Labute approximate surface area is 193 Å². The van der Waals surface area contributed by atoms with Gasteiger partial charge in [-0.2, -0.15) is 18.3 Å². The third-order valence-corrected chi connectivity index (χ3v) is 5.55. The maximum atomic E-state index is 14.1. The molecule has 5 heterocycles. The second kappa shape index (κ2) is 8.29. The summed E-state index contributed by atoms with van der Waals surface area (Å²) in [5, 5.41) is 6.80. The molecule has 9 nitrogen and oxygen atoms in total. The van der Waals surface area contributed by atoms with E-state index in [9.17, 15) is 31.5 Å². The maximum Gasteiger partial charge on any atom is 0.408 e. The first-order chi connectivity index (χ1) is 16.6. The lowest BCUT2D eigenvalue weighted by molar-refractivity contribution is -0.141. The highest BCUT2D eigenvalue weighted by molar-refractivity contribution is 5.99. The second-order valence-electron chi connectivity index (χ2n) is 7.94. The minimum atomic E-state index is -4.64. The lowest BCUT2D eigenvalue weighted by atomic mass is 10.2. The summed E-state index contributed by atoms with van der Waals surface area (Å²) in [4.78, 5) is 33.9. The zero-order valence-corrected chi connectivity index (χ0v) is 17.8. The highest BCUT2D eigenvalue weighted by atomic mass is 19.4. The number of halogens is 5. The first-order valence-corrected chi connectivity index (χ1v) is 10.4. The molecule has 182 valence electrons. The summed E-state index contributed by atoms with van der Waals surface area (Å²) in [5.41, 5.74) is -0.410. The number of imidazole rings is 1. The van der Waals surface area contributed by atoms with Crippen LogP contribution in [0.1, 0.15) is 16.9 Å². The standard InChI is InChI=1S/C21H16F5N7O2/c22-11-5-13(23)19-29-8-16(32(19)9-11)18-12-7-28-14(6-15(12)33(30-18)10-21(24,25)26)20(35)31-3-1-17(34)27-2-4-31/h5-9H,1-4,10H2,(H,27,34). The van der Waals surface area contributed by atoms with Crippen molar-refractivity contribution in [1.29, 1.82) is 0 Å². The van der Waals surface area contributed by atoms with E-state index in [1.54, 1.807) is 0 Å². The Kier molecular flexibility index (Phi) is 5.37. The average Bonchev–Trinajstić information content (AvgIpc) is 3.27. The molecule has 0 atom stereocenters. The number of alkyl halides is 3. The minimum absolute atomic E-state index is 0.0437. The van der Waals surface area contributed by atoms with Crippen LogP contribution in [0.5, 0.6) is 0 Å². The lowest BCUT2D eigenvalue weighted by Crippen LogP contribution is -2.34. The highest BCUT2D eigenvalue weighted by Gasteiger charge is 2.31. The third-order valence-electron chi connectivity index (χ3n) is 5.55. The Morgan fingerprint density at radius 1 is 1.11 bits per heavy atom. The van der Waals surface area contributed by atoms with E-state index in [-0.39, 0.29) is 65.6 Å². The van der Waals surface area contributed by atoms with E-state index in [0.717, 1.165) is 16.8 Å². The molecule has 5 rings (SSSR count). The van der Waals surface area contributed by atoms with Crippen molar-refractivity contribution in [3.63, 3.8) is 0 Å². The number of hydrogen-bond donors (Lipinski definition) is 1. The Morgan fingerprint density at radius 2 is 1.91 bits per heavy atom. The van der Waals surface area contributed by atoms with Crippen molar-refractivity contribution >= 4 is 28.4 Å². The number of carbonyl (C=O) groups excluding carboxylic acids is 2. The summed E-state index contributed by atoms with van der Waals surface area (Å²) in [5.74, 6) is -2.63. The molecule has 1 fully saturated rings. The van der Waals surface area contributed by atoms with Crippen LogP contribution in [0, 0.1) is 11.6 Å². The number of hydrogen-bond acceptors (Lipinski definition) is 5. The van der Waals surface area contributed by atoms with Gasteiger partial charge in [-0.15, -0.1) is 0 Å². The number of amides is 2. The van der Waals surface area contributed by atoms with Crippen molar-refractivity contribution in [1.82, 2.24) is 34.4 Å². The lowest BCUT2D eigenvalue weighted by Gasteiger charge is -2.19. The number of nitrogens with zero attached hydrogens (tertiary/aromatic N) is 6. The first kappa shape index (κ1) is 22.7. The molecule has 1 N–H and O–H groups in total. The van der Waals surface area contributed by atoms with Gasteiger partial charge in [-0.3, -0.25) is 23.7 Å². The van der Waals surface area contributed by atoms with Crippen LogP contribution in [-0.2, 0) is 11.3 Å². The van der Waals surface area contributed by atoms with Crippen molar-refractivity contribution in [2.75, 3.05) is 19.6 Å². The van der Waals surface area contributed by atoms with Gasteiger partial charge < -0.3 is 10.2 Å². The fourth-order valence-electron chi connectivity index (χ4n) is 3.99. The summed E-state index contributed by atoms with van der Waals surface area (Å²) in [7, 11) is 0. The SMILES string of the molecule is O=C1CCN(C(=O)c2cc3c(cn2)c(-c2cnc4c(F)cc(F)cn24)nn3CC(F)(F)F)CCN1. The molecule has 0 unspecified atom stereocenters. The molecule has 35 heavy (non-hydrogen) atoms. The van der Waals surface area contributed by atoms with Gasteiger partial charge >= 0.3 is 6.18 Å². The Bertz CT molecular complexity index is 1480. The molecule has 0 spiro atoms. The van der Waals surface area contributed by atoms with Crippen molar-refractivity contribution in [3.8, 4) is 11.4 Å². The molecule has 0 aromatic carbocycles. The third kappa shape index (κ3) is 4.26. The number of carbonyl (C=O) groups is 2. The van der Waals surface area contributed by atoms with Crippen LogP contribution in [0.15, 0.2) is 30.7 Å². The van der Waals surface area contributed by atoms with Crippen LogP contribution >= 0.6 is 0 Å². The highest BCUT2D eigenvalue weighted by Crippen LogP contribution is 2.31. The van der Waals surface area contributed by atoms with Crippen molar-refractivity contribution in [2.24, 2.45) is 0 Å². The number of nitrogens with one attached hydrogen (secondary N) is 1. The van der Waals surface area contributed by atoms with Gasteiger partial charge in [-0.25, -0.2) is 13.8 Å². The van der Waals surface area contributed by atoms with E-state index in [1.807, 2.05) is 0 Å². The molecule has 0 saturated carbocycles. The van der Waals surface area contributed by atoms with Gasteiger partial charge in [0, 0.05) is 49.9 Å². The number of rotatable bonds is 3. The van der Waals surface area contributed by atoms with Crippen LogP contribution in [-0.4, -0.2) is 66.7 Å². The van der Waals surface area contributed by atoms with Gasteiger partial charge in [0.25, 0.3) is 5.91 Å². The summed E-state index contributed by atoms with van der Waals surface area (Å²) in [6.45, 7) is -0.875. The maximum absolute atomic E-state index is 14.1. The number of pyridine rings is 2.